The Morgan fingerprint density at radius 2 is 2.00 bits per heavy atom. The SMILES string of the molecule is CCC(C)CS(=O)(=O)NC1CC(N(CC(=O)O)CC2CC2)C1. The molecule has 0 spiro atoms. The molecule has 6 nitrogen and oxygen atoms in total. The first-order chi connectivity index (χ1) is 10.3. The molecule has 0 saturated heterocycles. The first-order valence-electron chi connectivity index (χ1n) is 8.25. The van der Waals surface area contributed by atoms with Crippen molar-refractivity contribution in [2.24, 2.45) is 11.8 Å². The predicted octanol–water partition coefficient (Wildman–Crippen LogP) is 1.28. The summed E-state index contributed by atoms with van der Waals surface area (Å²) in [7, 11) is -3.22. The molecule has 2 N–H and O–H groups in total. The van der Waals surface area contributed by atoms with E-state index in [1.165, 1.54) is 12.8 Å². The zero-order chi connectivity index (χ0) is 16.3. The summed E-state index contributed by atoms with van der Waals surface area (Å²) in [5.74, 6) is 0.166. The lowest BCUT2D eigenvalue weighted by Gasteiger charge is -2.42. The highest BCUT2D eigenvalue weighted by Crippen LogP contribution is 2.34. The van der Waals surface area contributed by atoms with E-state index in [0.717, 1.165) is 25.8 Å². The highest BCUT2D eigenvalue weighted by Gasteiger charge is 2.38. The molecule has 2 aliphatic rings. The average molecular weight is 332 g/mol. The number of hydrogen-bond acceptors (Lipinski definition) is 4. The van der Waals surface area contributed by atoms with Crippen LogP contribution in [0, 0.1) is 11.8 Å². The van der Waals surface area contributed by atoms with E-state index in [9.17, 15) is 13.2 Å². The van der Waals surface area contributed by atoms with Gasteiger partial charge < -0.3 is 5.11 Å². The zero-order valence-electron chi connectivity index (χ0n) is 13.5. The van der Waals surface area contributed by atoms with Gasteiger partial charge in [0.15, 0.2) is 0 Å². The lowest BCUT2D eigenvalue weighted by Crippen LogP contribution is -2.55. The quantitative estimate of drug-likeness (QED) is 0.629. The fourth-order valence-electron chi connectivity index (χ4n) is 2.93. The molecule has 2 saturated carbocycles. The van der Waals surface area contributed by atoms with Crippen LogP contribution in [0.4, 0.5) is 0 Å². The first kappa shape index (κ1) is 17.7. The second-order valence-corrected chi connectivity index (χ2v) is 8.80. The molecule has 0 amide bonds. The highest BCUT2D eigenvalue weighted by molar-refractivity contribution is 7.89. The van der Waals surface area contributed by atoms with E-state index in [0.29, 0.717) is 5.92 Å². The Balaban J connectivity index is 1.78. The minimum atomic E-state index is -3.22. The molecular weight excluding hydrogens is 304 g/mol. The van der Waals surface area contributed by atoms with Gasteiger partial charge in [0.25, 0.3) is 0 Å². The van der Waals surface area contributed by atoms with E-state index in [1.54, 1.807) is 0 Å². The van der Waals surface area contributed by atoms with Gasteiger partial charge in [0.05, 0.1) is 12.3 Å². The molecular formula is C15H28N2O4S. The van der Waals surface area contributed by atoms with Crippen molar-refractivity contribution in [2.75, 3.05) is 18.8 Å². The maximum Gasteiger partial charge on any atom is 0.317 e. The molecule has 2 rings (SSSR count). The molecule has 1 atom stereocenters. The third-order valence-electron chi connectivity index (χ3n) is 4.70. The molecule has 0 aromatic rings. The smallest absolute Gasteiger partial charge is 0.317 e. The number of nitrogens with zero attached hydrogens (tertiary/aromatic N) is 1. The second kappa shape index (κ2) is 7.27. The molecule has 0 radical (unpaired) electrons. The van der Waals surface area contributed by atoms with E-state index in [2.05, 4.69) is 4.72 Å². The van der Waals surface area contributed by atoms with E-state index < -0.39 is 16.0 Å². The van der Waals surface area contributed by atoms with Crippen LogP contribution in [0.15, 0.2) is 0 Å². The number of carboxylic acid groups (broad SMARTS) is 1. The van der Waals surface area contributed by atoms with Gasteiger partial charge in [0.1, 0.15) is 0 Å². The van der Waals surface area contributed by atoms with Crippen LogP contribution in [0.5, 0.6) is 0 Å². The third-order valence-corrected chi connectivity index (χ3v) is 6.40. The number of carbonyl (C=O) groups is 1. The first-order valence-corrected chi connectivity index (χ1v) is 9.90. The maximum absolute atomic E-state index is 12.0. The van der Waals surface area contributed by atoms with Crippen molar-refractivity contribution in [1.82, 2.24) is 9.62 Å². The van der Waals surface area contributed by atoms with Gasteiger partial charge in [-0.25, -0.2) is 13.1 Å². The van der Waals surface area contributed by atoms with Crippen LogP contribution in [0.25, 0.3) is 0 Å². The summed E-state index contributed by atoms with van der Waals surface area (Å²) in [6, 6.07) is 0.169. The van der Waals surface area contributed by atoms with Crippen molar-refractivity contribution in [3.05, 3.63) is 0 Å². The van der Waals surface area contributed by atoms with Crippen LogP contribution in [0.2, 0.25) is 0 Å². The van der Waals surface area contributed by atoms with Gasteiger partial charge in [-0.1, -0.05) is 20.3 Å². The zero-order valence-corrected chi connectivity index (χ0v) is 14.3. The predicted molar refractivity (Wildman–Crippen MR) is 85.1 cm³/mol. The Labute approximate surface area is 133 Å². The van der Waals surface area contributed by atoms with Crippen LogP contribution >= 0.6 is 0 Å². The summed E-state index contributed by atoms with van der Waals surface area (Å²) in [5, 5.41) is 9.01. The molecule has 22 heavy (non-hydrogen) atoms. The summed E-state index contributed by atoms with van der Waals surface area (Å²) in [5.41, 5.74) is 0. The minimum Gasteiger partial charge on any atom is -0.480 e. The van der Waals surface area contributed by atoms with Gasteiger partial charge in [-0.2, -0.15) is 0 Å². The lowest BCUT2D eigenvalue weighted by atomic mass is 9.86. The van der Waals surface area contributed by atoms with E-state index in [1.807, 2.05) is 18.7 Å². The molecule has 128 valence electrons. The van der Waals surface area contributed by atoms with E-state index >= 15 is 0 Å². The van der Waals surface area contributed by atoms with E-state index in [4.69, 9.17) is 5.11 Å². The van der Waals surface area contributed by atoms with Gasteiger partial charge >= 0.3 is 5.97 Å². The second-order valence-electron chi connectivity index (χ2n) is 7.00. The van der Waals surface area contributed by atoms with Gasteiger partial charge in [-0.05, 0) is 37.5 Å². The molecule has 7 heteroatoms. The number of rotatable bonds is 10. The van der Waals surface area contributed by atoms with Crippen molar-refractivity contribution >= 4 is 16.0 Å². The third kappa shape index (κ3) is 5.52. The molecule has 1 unspecified atom stereocenters. The average Bonchev–Trinajstić information content (AvgIpc) is 3.15. The monoisotopic (exact) mass is 332 g/mol. The molecule has 0 aromatic heterocycles. The standard InChI is InChI=1S/C15H28N2O4S/c1-3-11(2)10-22(20,21)16-13-6-14(7-13)17(9-15(18)19)8-12-4-5-12/h11-14,16H,3-10H2,1-2H3,(H,18,19). The summed E-state index contributed by atoms with van der Waals surface area (Å²) < 4.78 is 26.8. The largest absolute Gasteiger partial charge is 0.480 e. The van der Waals surface area contributed by atoms with Crippen molar-refractivity contribution in [2.45, 2.75) is 58.0 Å². The molecule has 0 heterocycles. The Morgan fingerprint density at radius 1 is 1.36 bits per heavy atom. The Kier molecular flexibility index (Phi) is 5.85. The summed E-state index contributed by atoms with van der Waals surface area (Å²) in [6.07, 6.45) is 4.67. The van der Waals surface area contributed by atoms with Crippen molar-refractivity contribution in [3.8, 4) is 0 Å². The Bertz CT molecular complexity index is 484. The normalized spacial score (nSPS) is 26.7. The van der Waals surface area contributed by atoms with Gasteiger partial charge in [0, 0.05) is 18.6 Å². The highest BCUT2D eigenvalue weighted by atomic mass is 32.2. The molecule has 2 fully saturated rings. The minimum absolute atomic E-state index is 0.0328. The number of aliphatic carboxylic acids is 1. The number of nitrogens with one attached hydrogen (secondary N) is 1. The summed E-state index contributed by atoms with van der Waals surface area (Å²) >= 11 is 0. The van der Waals surface area contributed by atoms with Crippen LogP contribution in [0.3, 0.4) is 0 Å². The van der Waals surface area contributed by atoms with Crippen LogP contribution < -0.4 is 4.72 Å². The number of sulfonamides is 1. The molecule has 0 aliphatic heterocycles. The molecule has 0 bridgehead atoms. The van der Waals surface area contributed by atoms with Crippen LogP contribution in [-0.2, 0) is 14.8 Å². The Hall–Kier alpha value is -0.660. The van der Waals surface area contributed by atoms with E-state index in [-0.39, 0.29) is 30.3 Å². The van der Waals surface area contributed by atoms with Gasteiger partial charge in [-0.15, -0.1) is 0 Å². The van der Waals surface area contributed by atoms with Gasteiger partial charge in [0.2, 0.25) is 10.0 Å². The number of carboxylic acids is 1. The van der Waals surface area contributed by atoms with Crippen LogP contribution in [0.1, 0.15) is 46.0 Å². The fraction of sp³-hybridized carbons (Fsp3) is 0.933. The van der Waals surface area contributed by atoms with Crippen LogP contribution in [-0.4, -0.2) is 55.3 Å². The summed E-state index contributed by atoms with van der Waals surface area (Å²) in [6.45, 7) is 4.82. The summed E-state index contributed by atoms with van der Waals surface area (Å²) in [4.78, 5) is 13.0. The van der Waals surface area contributed by atoms with Gasteiger partial charge in [-0.3, -0.25) is 9.69 Å². The maximum atomic E-state index is 12.0. The molecule has 0 aromatic carbocycles. The lowest BCUT2D eigenvalue weighted by molar-refractivity contribution is -0.139. The molecule has 2 aliphatic carbocycles. The van der Waals surface area contributed by atoms with Crippen molar-refractivity contribution in [3.63, 3.8) is 0 Å². The number of hydrogen-bond donors (Lipinski definition) is 2. The van der Waals surface area contributed by atoms with Crippen molar-refractivity contribution < 1.29 is 18.3 Å². The topological polar surface area (TPSA) is 86.7 Å². The van der Waals surface area contributed by atoms with Crippen molar-refractivity contribution in [1.29, 1.82) is 0 Å². The fourth-order valence-corrected chi connectivity index (χ4v) is 4.71. The Morgan fingerprint density at radius 3 is 2.50 bits per heavy atom.